The standard InChI is InChI=1S/C4H4S.BH3/c1-2-4-5-3-1;/h1-4H;1H3. The number of hydrogen-bond donors (Lipinski definition) is 0. The predicted octanol–water partition coefficient (Wildman–Crippen LogP) is 0.564. The van der Waals surface area contributed by atoms with Crippen LogP contribution in [0.25, 0.3) is 0 Å². The third kappa shape index (κ3) is 1.27. The van der Waals surface area contributed by atoms with Gasteiger partial charge in [0.05, 0.1) is 8.41 Å². The van der Waals surface area contributed by atoms with Gasteiger partial charge in [-0.05, 0) is 10.8 Å². The molecule has 2 heteroatoms. The normalized spacial score (nSPS) is 6.67. The fraction of sp³-hybridized carbons (Fsp3) is 0. The molecule has 0 spiro atoms. The Labute approximate surface area is 43.4 Å². The lowest BCUT2D eigenvalue weighted by Crippen LogP contribution is -1.16. The van der Waals surface area contributed by atoms with E-state index in [4.69, 9.17) is 0 Å². The van der Waals surface area contributed by atoms with Crippen molar-refractivity contribution in [3.05, 3.63) is 22.9 Å². The average molecular weight is 98.0 g/mol. The number of hydrogen-bond acceptors (Lipinski definition) is 1. The smallest absolute Gasteiger partial charge is 0.0814 e. The summed E-state index contributed by atoms with van der Waals surface area (Å²) in [5.41, 5.74) is 0. The first-order valence-corrected chi connectivity index (χ1v) is 2.41. The van der Waals surface area contributed by atoms with Gasteiger partial charge in [0.1, 0.15) is 0 Å². The number of thiophene rings is 1. The summed E-state index contributed by atoms with van der Waals surface area (Å²) >= 11 is 1.71. The van der Waals surface area contributed by atoms with Crippen LogP contribution in [0.15, 0.2) is 22.9 Å². The van der Waals surface area contributed by atoms with Gasteiger partial charge in [0.25, 0.3) is 0 Å². The summed E-state index contributed by atoms with van der Waals surface area (Å²) in [5.74, 6) is 0. The summed E-state index contributed by atoms with van der Waals surface area (Å²) in [6.07, 6.45) is 0. The zero-order valence-electron chi connectivity index (χ0n) is 2.72. The fourth-order valence-electron chi connectivity index (χ4n) is 0.227. The average Bonchev–Trinajstić information content (AvgIpc) is 1.76. The van der Waals surface area contributed by atoms with E-state index in [-0.39, 0.29) is 8.41 Å². The third-order valence-electron chi connectivity index (χ3n) is 0.425. The van der Waals surface area contributed by atoms with Gasteiger partial charge < -0.3 is 0 Å². The highest BCUT2D eigenvalue weighted by molar-refractivity contribution is 7.07. The molecule has 0 saturated carbocycles. The van der Waals surface area contributed by atoms with Crippen LogP contribution in [-0.2, 0) is 0 Å². The highest BCUT2D eigenvalue weighted by Crippen LogP contribution is 1.91. The van der Waals surface area contributed by atoms with E-state index in [1.165, 1.54) is 0 Å². The lowest BCUT2D eigenvalue weighted by molar-refractivity contribution is 2.03. The lowest BCUT2D eigenvalue weighted by Gasteiger charge is -1.39. The van der Waals surface area contributed by atoms with Gasteiger partial charge >= 0.3 is 0 Å². The molecule has 32 valence electrons. The molecule has 1 aromatic heterocycles. The molecule has 0 bridgehead atoms. The van der Waals surface area contributed by atoms with Crippen molar-refractivity contribution in [1.29, 1.82) is 0 Å². The van der Waals surface area contributed by atoms with Crippen molar-refractivity contribution in [2.75, 3.05) is 0 Å². The molecule has 0 amide bonds. The van der Waals surface area contributed by atoms with Crippen LogP contribution in [0.1, 0.15) is 0 Å². The molecule has 1 aromatic rings. The van der Waals surface area contributed by atoms with Gasteiger partial charge in [0.2, 0.25) is 0 Å². The largest absolute Gasteiger partial charge is 0.152 e. The third-order valence-corrected chi connectivity index (χ3v) is 1.05. The van der Waals surface area contributed by atoms with Crippen molar-refractivity contribution < 1.29 is 0 Å². The maximum Gasteiger partial charge on any atom is 0.0814 e. The zero-order chi connectivity index (χ0) is 3.54. The second-order valence-corrected chi connectivity index (χ2v) is 1.61. The van der Waals surface area contributed by atoms with Crippen LogP contribution in [-0.4, -0.2) is 8.41 Å². The Bertz CT molecular complexity index is 64.0. The minimum atomic E-state index is 0. The predicted molar refractivity (Wildman–Crippen MR) is 34.3 cm³/mol. The topological polar surface area (TPSA) is 0 Å². The van der Waals surface area contributed by atoms with Gasteiger partial charge in [-0.2, -0.15) is 11.3 Å². The van der Waals surface area contributed by atoms with Crippen molar-refractivity contribution in [2.24, 2.45) is 0 Å². The van der Waals surface area contributed by atoms with Crippen molar-refractivity contribution in [3.63, 3.8) is 0 Å². The van der Waals surface area contributed by atoms with E-state index >= 15 is 0 Å². The van der Waals surface area contributed by atoms with Gasteiger partial charge in [0.15, 0.2) is 0 Å². The van der Waals surface area contributed by atoms with E-state index in [1.807, 2.05) is 22.9 Å². The minimum Gasteiger partial charge on any atom is -0.152 e. The summed E-state index contributed by atoms with van der Waals surface area (Å²) in [6, 6.07) is 4.04. The van der Waals surface area contributed by atoms with Gasteiger partial charge in [-0.25, -0.2) is 0 Å². The van der Waals surface area contributed by atoms with E-state index in [9.17, 15) is 0 Å². The maximum atomic E-state index is 2.04. The van der Waals surface area contributed by atoms with Crippen molar-refractivity contribution >= 4 is 19.7 Å². The van der Waals surface area contributed by atoms with E-state index in [0.717, 1.165) is 0 Å². The summed E-state index contributed by atoms with van der Waals surface area (Å²) in [6.45, 7) is 0. The molecule has 0 aliphatic heterocycles. The molecular formula is C4H7BS. The van der Waals surface area contributed by atoms with E-state index in [0.29, 0.717) is 0 Å². The summed E-state index contributed by atoms with van der Waals surface area (Å²) in [5, 5.41) is 4.08. The highest BCUT2D eigenvalue weighted by Gasteiger charge is 1.58. The maximum absolute atomic E-state index is 2.04. The Hall–Kier alpha value is -0.235. The Morgan fingerprint density at radius 3 is 1.67 bits per heavy atom. The van der Waals surface area contributed by atoms with Crippen LogP contribution in [0, 0.1) is 0 Å². The second-order valence-electron chi connectivity index (χ2n) is 0.793. The van der Waals surface area contributed by atoms with Crippen LogP contribution < -0.4 is 0 Å². The van der Waals surface area contributed by atoms with E-state index < -0.39 is 0 Å². The monoisotopic (exact) mass is 98.0 g/mol. The quantitative estimate of drug-likeness (QED) is 0.416. The first kappa shape index (κ1) is 5.76. The molecule has 0 fully saturated rings. The van der Waals surface area contributed by atoms with Crippen LogP contribution in [0.4, 0.5) is 0 Å². The molecule has 1 heterocycles. The molecule has 0 aromatic carbocycles. The highest BCUT2D eigenvalue weighted by atomic mass is 32.1. The van der Waals surface area contributed by atoms with Gasteiger partial charge in [-0.3, -0.25) is 0 Å². The SMILES string of the molecule is B.c1ccsc1. The van der Waals surface area contributed by atoms with Crippen LogP contribution in [0.5, 0.6) is 0 Å². The van der Waals surface area contributed by atoms with Gasteiger partial charge in [-0.1, -0.05) is 12.1 Å². The van der Waals surface area contributed by atoms with E-state index in [2.05, 4.69) is 0 Å². The molecule has 0 atom stereocenters. The first-order chi connectivity index (χ1) is 2.50. The van der Waals surface area contributed by atoms with Gasteiger partial charge in [-0.15, -0.1) is 0 Å². The summed E-state index contributed by atoms with van der Waals surface area (Å²) in [7, 11) is 0. The summed E-state index contributed by atoms with van der Waals surface area (Å²) < 4.78 is 0. The molecule has 0 radical (unpaired) electrons. The van der Waals surface area contributed by atoms with Crippen LogP contribution in [0.3, 0.4) is 0 Å². The minimum absolute atomic E-state index is 0. The molecule has 6 heavy (non-hydrogen) atoms. The van der Waals surface area contributed by atoms with Crippen molar-refractivity contribution in [3.8, 4) is 0 Å². The molecule has 0 nitrogen and oxygen atoms in total. The molecule has 0 aliphatic rings. The summed E-state index contributed by atoms with van der Waals surface area (Å²) in [4.78, 5) is 0. The van der Waals surface area contributed by atoms with Gasteiger partial charge in [0, 0.05) is 0 Å². The van der Waals surface area contributed by atoms with Crippen molar-refractivity contribution in [2.45, 2.75) is 0 Å². The van der Waals surface area contributed by atoms with Crippen molar-refractivity contribution in [1.82, 2.24) is 0 Å². The Morgan fingerprint density at radius 1 is 1.00 bits per heavy atom. The molecule has 0 unspecified atom stereocenters. The molecule has 0 aliphatic carbocycles. The Balaban J connectivity index is 0.000000250. The van der Waals surface area contributed by atoms with E-state index in [1.54, 1.807) is 11.3 Å². The van der Waals surface area contributed by atoms with Crippen LogP contribution >= 0.6 is 11.3 Å². The zero-order valence-corrected chi connectivity index (χ0v) is 3.53. The molecule has 1 rings (SSSR count). The Morgan fingerprint density at radius 2 is 1.50 bits per heavy atom. The number of rotatable bonds is 0. The molecule has 0 N–H and O–H groups in total. The Kier molecular flexibility index (Phi) is 2.86. The first-order valence-electron chi connectivity index (χ1n) is 1.47. The molecule has 0 saturated heterocycles. The molecular weight excluding hydrogens is 90.9 g/mol. The lowest BCUT2D eigenvalue weighted by atomic mass is 10.7. The van der Waals surface area contributed by atoms with Crippen LogP contribution in [0.2, 0.25) is 0 Å². The fourth-order valence-corrected chi connectivity index (χ4v) is 0.680. The second kappa shape index (κ2) is 2.97.